The summed E-state index contributed by atoms with van der Waals surface area (Å²) in [4.78, 5) is 0. The van der Waals surface area contributed by atoms with Crippen LogP contribution in [0.1, 0.15) is 11.9 Å². The van der Waals surface area contributed by atoms with Crippen LogP contribution in [0, 0.1) is 0 Å². The second-order valence-electron chi connectivity index (χ2n) is 5.91. The van der Waals surface area contributed by atoms with Crippen molar-refractivity contribution < 1.29 is 49.8 Å². The Labute approximate surface area is 152 Å². The van der Waals surface area contributed by atoms with E-state index in [2.05, 4.69) is 4.18 Å². The Balaban J connectivity index is 1.81. The molecule has 1 aromatic rings. The molecule has 0 spiro atoms. The van der Waals surface area contributed by atoms with Crippen molar-refractivity contribution in [2.24, 2.45) is 0 Å². The molecule has 0 bridgehead atoms. The zero-order valence-corrected chi connectivity index (χ0v) is 14.7. The highest BCUT2D eigenvalue weighted by Gasteiger charge is 2.56. The first-order chi connectivity index (χ1) is 12.6. The number of aliphatic hydroxyl groups excluding tert-OH is 1. The van der Waals surface area contributed by atoms with Crippen LogP contribution in [0.4, 0.5) is 13.2 Å². The molecule has 3 rings (SSSR count). The van der Waals surface area contributed by atoms with Crippen LogP contribution in [0.25, 0.3) is 0 Å². The number of fused-ring (bicyclic) bond motifs is 1. The molecule has 0 saturated carbocycles. The molecule has 2 saturated heterocycles. The van der Waals surface area contributed by atoms with Gasteiger partial charge in [-0.2, -0.15) is 21.6 Å². The molecule has 1 aromatic carbocycles. The highest BCUT2D eigenvalue weighted by atomic mass is 32.2. The maximum Gasteiger partial charge on any atom is 0.523 e. The van der Waals surface area contributed by atoms with Gasteiger partial charge in [0.05, 0.1) is 6.61 Å². The van der Waals surface area contributed by atoms with Crippen LogP contribution in [0.5, 0.6) is 0 Å². The predicted molar refractivity (Wildman–Crippen MR) is 81.5 cm³/mol. The summed E-state index contributed by atoms with van der Waals surface area (Å²) in [5.74, 6) is 0. The fourth-order valence-electron chi connectivity index (χ4n) is 2.84. The summed E-state index contributed by atoms with van der Waals surface area (Å²) in [6, 6.07) is 8.61. The van der Waals surface area contributed by atoms with Gasteiger partial charge in [0.25, 0.3) is 0 Å². The van der Waals surface area contributed by atoms with Crippen LogP contribution < -0.4 is 0 Å². The molecule has 2 aliphatic rings. The van der Waals surface area contributed by atoms with Gasteiger partial charge in [0.15, 0.2) is 18.7 Å². The molecule has 6 atom stereocenters. The third-order valence-electron chi connectivity index (χ3n) is 4.13. The van der Waals surface area contributed by atoms with E-state index in [1.165, 1.54) is 0 Å². The Morgan fingerprint density at radius 1 is 1.19 bits per heavy atom. The highest BCUT2D eigenvalue weighted by molar-refractivity contribution is 7.87. The van der Waals surface area contributed by atoms with Gasteiger partial charge in [0.2, 0.25) is 0 Å². The summed E-state index contributed by atoms with van der Waals surface area (Å²) in [5.41, 5.74) is -5.05. The average molecular weight is 414 g/mol. The smallest absolute Gasteiger partial charge is 0.387 e. The summed E-state index contributed by atoms with van der Waals surface area (Å²) in [6.07, 6.45) is -8.32. The van der Waals surface area contributed by atoms with Crippen molar-refractivity contribution in [3.8, 4) is 0 Å². The Hall–Kier alpha value is -1.28. The Morgan fingerprint density at radius 3 is 2.44 bits per heavy atom. The van der Waals surface area contributed by atoms with Crippen molar-refractivity contribution >= 4 is 10.1 Å². The van der Waals surface area contributed by atoms with Crippen LogP contribution >= 0.6 is 0 Å². The van der Waals surface area contributed by atoms with Gasteiger partial charge in [-0.15, -0.1) is 0 Å². The summed E-state index contributed by atoms with van der Waals surface area (Å²) in [5, 5.41) is 10.5. The third-order valence-corrected chi connectivity index (χ3v) is 5.18. The van der Waals surface area contributed by atoms with Gasteiger partial charge in [-0.25, -0.2) is 0 Å². The molecule has 0 radical (unpaired) electrons. The number of aliphatic hydroxyl groups is 1. The van der Waals surface area contributed by atoms with Crippen molar-refractivity contribution in [3.63, 3.8) is 0 Å². The molecular weight excluding hydrogens is 397 g/mol. The minimum Gasteiger partial charge on any atom is -0.387 e. The van der Waals surface area contributed by atoms with Crippen molar-refractivity contribution in [2.45, 2.75) is 42.5 Å². The molecule has 0 amide bonds. The van der Waals surface area contributed by atoms with Gasteiger partial charge >= 0.3 is 15.6 Å². The molecule has 12 heteroatoms. The zero-order valence-electron chi connectivity index (χ0n) is 13.9. The van der Waals surface area contributed by atoms with Gasteiger partial charge in [-0.05, 0) is 0 Å². The van der Waals surface area contributed by atoms with Crippen LogP contribution in [0.15, 0.2) is 30.3 Å². The number of rotatable bonds is 4. The summed E-state index contributed by atoms with van der Waals surface area (Å²) >= 11 is 0. The summed E-state index contributed by atoms with van der Waals surface area (Å²) in [7, 11) is -4.91. The second-order valence-corrected chi connectivity index (χ2v) is 7.47. The van der Waals surface area contributed by atoms with Gasteiger partial charge in [-0.1, -0.05) is 30.3 Å². The molecule has 8 nitrogen and oxygen atoms in total. The van der Waals surface area contributed by atoms with Gasteiger partial charge in [0.1, 0.15) is 18.3 Å². The first-order valence-corrected chi connectivity index (χ1v) is 9.23. The number of methoxy groups -OCH3 is 1. The first kappa shape index (κ1) is 20.5. The molecule has 1 N–H and O–H groups in total. The second kappa shape index (κ2) is 7.62. The summed E-state index contributed by atoms with van der Waals surface area (Å²) < 4.78 is 86.1. The molecule has 1 unspecified atom stereocenters. The first-order valence-electron chi connectivity index (χ1n) is 7.82. The summed E-state index contributed by atoms with van der Waals surface area (Å²) in [6.45, 7) is -0.0557. The normalized spacial score (nSPS) is 34.9. The number of alkyl halides is 3. The van der Waals surface area contributed by atoms with E-state index in [-0.39, 0.29) is 6.61 Å². The average Bonchev–Trinajstić information content (AvgIpc) is 2.63. The number of halogens is 3. The Morgan fingerprint density at radius 2 is 1.85 bits per heavy atom. The molecule has 0 aliphatic carbocycles. The molecular formula is C15H17F3O8S. The van der Waals surface area contributed by atoms with E-state index >= 15 is 0 Å². The van der Waals surface area contributed by atoms with Gasteiger partial charge in [-0.3, -0.25) is 4.18 Å². The quantitative estimate of drug-likeness (QED) is 0.577. The maximum absolute atomic E-state index is 12.6. The van der Waals surface area contributed by atoms with E-state index in [0.29, 0.717) is 5.56 Å². The lowest BCUT2D eigenvalue weighted by atomic mass is 9.98. The van der Waals surface area contributed by atoms with E-state index in [0.717, 1.165) is 7.11 Å². The van der Waals surface area contributed by atoms with Crippen molar-refractivity contribution in [1.82, 2.24) is 0 Å². The maximum atomic E-state index is 12.6. The fraction of sp³-hybridized carbons (Fsp3) is 0.600. The highest BCUT2D eigenvalue weighted by Crippen LogP contribution is 2.37. The van der Waals surface area contributed by atoms with Crippen LogP contribution in [-0.2, 0) is 33.2 Å². The zero-order chi connectivity index (χ0) is 19.8. The predicted octanol–water partition coefficient (Wildman–Crippen LogP) is 1.07. The molecule has 0 aromatic heterocycles. The lowest BCUT2D eigenvalue weighted by Gasteiger charge is -2.46. The van der Waals surface area contributed by atoms with Crippen molar-refractivity contribution in [3.05, 3.63) is 35.9 Å². The van der Waals surface area contributed by atoms with E-state index in [1.807, 2.05) is 0 Å². The minimum atomic E-state index is -5.98. The Bertz CT molecular complexity index is 741. The molecule has 2 fully saturated rings. The SMILES string of the molecule is CO[C@H]1O[C@@H]2COC(c3ccccc3)O[C@H]2[C@H](O)[C@H]1OS(=O)(=O)C(F)(F)F. The van der Waals surface area contributed by atoms with Crippen molar-refractivity contribution in [1.29, 1.82) is 0 Å². The van der Waals surface area contributed by atoms with E-state index in [4.69, 9.17) is 18.9 Å². The molecule has 2 aliphatic heterocycles. The third kappa shape index (κ3) is 4.11. The molecule has 27 heavy (non-hydrogen) atoms. The fourth-order valence-corrected chi connectivity index (χ4v) is 3.45. The van der Waals surface area contributed by atoms with E-state index in [1.54, 1.807) is 30.3 Å². The van der Waals surface area contributed by atoms with E-state index < -0.39 is 52.6 Å². The minimum absolute atomic E-state index is 0.0557. The van der Waals surface area contributed by atoms with Gasteiger partial charge in [0, 0.05) is 12.7 Å². The lowest BCUT2D eigenvalue weighted by molar-refractivity contribution is -0.355. The molecule has 2 heterocycles. The van der Waals surface area contributed by atoms with E-state index in [9.17, 15) is 26.7 Å². The monoisotopic (exact) mass is 414 g/mol. The number of ether oxygens (including phenoxy) is 4. The number of benzene rings is 1. The standard InChI is InChI=1S/C15H17F3O8S/c1-22-14-12(26-27(20,21)15(16,17)18)10(19)11-9(24-14)7-23-13(25-11)8-5-3-2-4-6-8/h2-6,9-14,19H,7H2,1H3/t9-,10+,11-,12-,13?,14+/m1/s1. The van der Waals surface area contributed by atoms with Crippen LogP contribution in [0.2, 0.25) is 0 Å². The number of hydrogen-bond acceptors (Lipinski definition) is 8. The van der Waals surface area contributed by atoms with Crippen molar-refractivity contribution in [2.75, 3.05) is 13.7 Å². The van der Waals surface area contributed by atoms with Crippen LogP contribution in [0.3, 0.4) is 0 Å². The van der Waals surface area contributed by atoms with Gasteiger partial charge < -0.3 is 24.1 Å². The van der Waals surface area contributed by atoms with Crippen LogP contribution in [-0.4, -0.2) is 63.5 Å². The largest absolute Gasteiger partial charge is 0.523 e. The topological polar surface area (TPSA) is 101 Å². The Kier molecular flexibility index (Phi) is 5.77. The molecule has 152 valence electrons. The lowest BCUT2D eigenvalue weighted by Crippen LogP contribution is -2.63. The number of hydrogen-bond donors (Lipinski definition) is 1.